The Hall–Kier alpha value is -2.67. The van der Waals surface area contributed by atoms with Crippen LogP contribution in [-0.4, -0.2) is 48.2 Å². The number of carbonyl (C=O) groups excluding carboxylic acids is 1. The van der Waals surface area contributed by atoms with Crippen LogP contribution in [-0.2, 0) is 0 Å². The molecule has 0 unspecified atom stereocenters. The lowest BCUT2D eigenvalue weighted by Gasteiger charge is -2.33. The zero-order chi connectivity index (χ0) is 18.2. The van der Waals surface area contributed by atoms with Gasteiger partial charge in [-0.15, -0.1) is 0 Å². The van der Waals surface area contributed by atoms with Crippen LogP contribution < -0.4 is 20.7 Å². The summed E-state index contributed by atoms with van der Waals surface area (Å²) in [7, 11) is 0. The summed E-state index contributed by atoms with van der Waals surface area (Å²) in [6, 6.07) is 7.31. The summed E-state index contributed by atoms with van der Waals surface area (Å²) in [5.41, 5.74) is 6.08. The minimum absolute atomic E-state index is 0.0653. The molecular weight excluding hydrogens is 330 g/mol. The molecule has 7 heteroatoms. The van der Waals surface area contributed by atoms with E-state index < -0.39 is 0 Å². The molecule has 1 amide bonds. The normalized spacial score (nSPS) is 17.0. The predicted molar refractivity (Wildman–Crippen MR) is 100 cm³/mol. The number of nitrogens with one attached hydrogen (secondary N) is 1. The first kappa shape index (κ1) is 18.1. The Morgan fingerprint density at radius 2 is 2.15 bits per heavy atom. The molecule has 0 radical (unpaired) electrons. The number of ether oxygens (including phenoxy) is 1. The van der Waals surface area contributed by atoms with Crippen LogP contribution in [0.1, 0.15) is 29.6 Å². The molecule has 138 valence electrons. The van der Waals surface area contributed by atoms with E-state index in [1.165, 1.54) is 0 Å². The maximum Gasteiger partial charge on any atom is 0.251 e. The highest BCUT2D eigenvalue weighted by Crippen LogP contribution is 2.17. The highest BCUT2D eigenvalue weighted by Gasteiger charge is 2.22. The molecule has 2 heterocycles. The first-order valence-corrected chi connectivity index (χ1v) is 9.01. The second-order valence-electron chi connectivity index (χ2n) is 6.34. The number of benzene rings is 1. The molecule has 0 spiro atoms. The Morgan fingerprint density at radius 3 is 2.88 bits per heavy atom. The number of hydrogen-bond acceptors (Lipinski definition) is 6. The van der Waals surface area contributed by atoms with Crippen LogP contribution in [0.3, 0.4) is 0 Å². The van der Waals surface area contributed by atoms with E-state index in [9.17, 15) is 4.79 Å². The summed E-state index contributed by atoms with van der Waals surface area (Å²) >= 11 is 0. The van der Waals surface area contributed by atoms with Gasteiger partial charge >= 0.3 is 0 Å². The van der Waals surface area contributed by atoms with Gasteiger partial charge in [0.25, 0.3) is 5.91 Å². The molecule has 1 atom stereocenters. The number of amides is 1. The molecule has 2 aromatic rings. The van der Waals surface area contributed by atoms with Crippen molar-refractivity contribution in [2.24, 2.45) is 5.73 Å². The lowest BCUT2D eigenvalue weighted by atomic mass is 10.0. The Balaban J connectivity index is 1.54. The third-order valence-corrected chi connectivity index (χ3v) is 4.36. The smallest absolute Gasteiger partial charge is 0.251 e. The molecule has 0 bridgehead atoms. The van der Waals surface area contributed by atoms with Crippen molar-refractivity contribution < 1.29 is 9.53 Å². The number of carbonyl (C=O) groups is 1. The van der Waals surface area contributed by atoms with Gasteiger partial charge in [-0.2, -0.15) is 0 Å². The third-order valence-electron chi connectivity index (χ3n) is 4.36. The van der Waals surface area contributed by atoms with E-state index in [2.05, 4.69) is 20.2 Å². The van der Waals surface area contributed by atoms with E-state index in [-0.39, 0.29) is 11.9 Å². The van der Waals surface area contributed by atoms with E-state index in [4.69, 9.17) is 10.5 Å². The van der Waals surface area contributed by atoms with Crippen LogP contribution in [0.2, 0.25) is 0 Å². The van der Waals surface area contributed by atoms with Gasteiger partial charge in [0.15, 0.2) is 0 Å². The Labute approximate surface area is 153 Å². The molecule has 7 nitrogen and oxygen atoms in total. The highest BCUT2D eigenvalue weighted by atomic mass is 16.5. The second-order valence-corrected chi connectivity index (χ2v) is 6.34. The monoisotopic (exact) mass is 355 g/mol. The van der Waals surface area contributed by atoms with Gasteiger partial charge in [-0.1, -0.05) is 0 Å². The van der Waals surface area contributed by atoms with Crippen molar-refractivity contribution >= 4 is 11.7 Å². The van der Waals surface area contributed by atoms with E-state index in [1.54, 1.807) is 30.7 Å². The molecule has 1 saturated heterocycles. The molecule has 0 saturated carbocycles. The summed E-state index contributed by atoms with van der Waals surface area (Å²) < 4.78 is 5.56. The Bertz CT molecular complexity index is 693. The first-order chi connectivity index (χ1) is 12.8. The van der Waals surface area contributed by atoms with Crippen molar-refractivity contribution in [2.75, 3.05) is 31.1 Å². The summed E-state index contributed by atoms with van der Waals surface area (Å²) in [4.78, 5) is 23.1. The molecule has 3 rings (SSSR count). The number of anilines is 1. The largest absolute Gasteiger partial charge is 0.494 e. The van der Waals surface area contributed by atoms with Gasteiger partial charge in [0, 0.05) is 37.1 Å². The molecule has 0 aliphatic carbocycles. The minimum Gasteiger partial charge on any atom is -0.494 e. The standard InChI is InChI=1S/C19H25N5O2/c20-8-2-12-26-17-6-4-15(5-7-17)19(25)23-16-3-1-11-24(14-16)18-13-21-9-10-22-18/h4-7,9-10,13,16H,1-3,8,11-12,14,20H2,(H,23,25)/t16-/m0/s1. The van der Waals surface area contributed by atoms with Crippen LogP contribution in [0.25, 0.3) is 0 Å². The zero-order valence-corrected chi connectivity index (χ0v) is 14.8. The minimum atomic E-state index is -0.0653. The third kappa shape index (κ3) is 4.92. The number of hydrogen-bond donors (Lipinski definition) is 2. The van der Waals surface area contributed by atoms with Gasteiger partial charge in [0.2, 0.25) is 0 Å². The van der Waals surface area contributed by atoms with Crippen molar-refractivity contribution in [3.8, 4) is 5.75 Å². The Kier molecular flexibility index (Phi) is 6.38. The number of piperidine rings is 1. The first-order valence-electron chi connectivity index (χ1n) is 9.01. The lowest BCUT2D eigenvalue weighted by Crippen LogP contribution is -2.48. The number of aromatic nitrogens is 2. The fourth-order valence-electron chi connectivity index (χ4n) is 3.00. The molecule has 1 aromatic heterocycles. The van der Waals surface area contributed by atoms with Crippen molar-refractivity contribution in [3.63, 3.8) is 0 Å². The van der Waals surface area contributed by atoms with Gasteiger partial charge in [-0.05, 0) is 50.1 Å². The molecule has 1 fully saturated rings. The molecule has 1 aliphatic heterocycles. The average molecular weight is 355 g/mol. The van der Waals surface area contributed by atoms with Crippen molar-refractivity contribution in [1.82, 2.24) is 15.3 Å². The van der Waals surface area contributed by atoms with Crippen LogP contribution >= 0.6 is 0 Å². The van der Waals surface area contributed by atoms with Gasteiger partial charge in [0.1, 0.15) is 11.6 Å². The van der Waals surface area contributed by atoms with Crippen LogP contribution in [0, 0.1) is 0 Å². The predicted octanol–water partition coefficient (Wildman–Crippen LogP) is 1.60. The molecule has 3 N–H and O–H groups in total. The lowest BCUT2D eigenvalue weighted by molar-refractivity contribution is 0.0933. The molecular formula is C19H25N5O2. The highest BCUT2D eigenvalue weighted by molar-refractivity contribution is 5.94. The van der Waals surface area contributed by atoms with Gasteiger partial charge in [0.05, 0.1) is 12.8 Å². The van der Waals surface area contributed by atoms with Crippen LogP contribution in [0.5, 0.6) is 5.75 Å². The summed E-state index contributed by atoms with van der Waals surface area (Å²) in [6.07, 6.45) is 7.89. The fraction of sp³-hybridized carbons (Fsp3) is 0.421. The quantitative estimate of drug-likeness (QED) is 0.733. The van der Waals surface area contributed by atoms with Crippen molar-refractivity contribution in [3.05, 3.63) is 48.4 Å². The number of nitrogens with zero attached hydrogens (tertiary/aromatic N) is 3. The molecule has 26 heavy (non-hydrogen) atoms. The van der Waals surface area contributed by atoms with Gasteiger partial charge in [-0.25, -0.2) is 4.98 Å². The molecule has 1 aromatic carbocycles. The average Bonchev–Trinajstić information content (AvgIpc) is 2.69. The maximum atomic E-state index is 12.5. The SMILES string of the molecule is NCCCOc1ccc(C(=O)N[C@H]2CCCN(c3cnccn3)C2)cc1. The Morgan fingerprint density at radius 1 is 1.31 bits per heavy atom. The number of rotatable bonds is 7. The topological polar surface area (TPSA) is 93.4 Å². The number of nitrogens with two attached hydrogens (primary N) is 1. The second kappa shape index (κ2) is 9.15. The fourth-order valence-corrected chi connectivity index (χ4v) is 3.00. The molecule has 1 aliphatic rings. The van der Waals surface area contributed by atoms with E-state index >= 15 is 0 Å². The summed E-state index contributed by atoms with van der Waals surface area (Å²) in [5, 5.41) is 3.12. The van der Waals surface area contributed by atoms with Gasteiger partial charge < -0.3 is 20.7 Å². The zero-order valence-electron chi connectivity index (χ0n) is 14.8. The van der Waals surface area contributed by atoms with Crippen LogP contribution in [0.4, 0.5) is 5.82 Å². The van der Waals surface area contributed by atoms with Crippen molar-refractivity contribution in [1.29, 1.82) is 0 Å². The van der Waals surface area contributed by atoms with Crippen LogP contribution in [0.15, 0.2) is 42.9 Å². The summed E-state index contributed by atoms with van der Waals surface area (Å²) in [6.45, 7) is 2.86. The van der Waals surface area contributed by atoms with E-state index in [1.807, 2.05) is 12.1 Å². The van der Waals surface area contributed by atoms with E-state index in [0.29, 0.717) is 18.7 Å². The van der Waals surface area contributed by atoms with Gasteiger partial charge in [-0.3, -0.25) is 9.78 Å². The van der Waals surface area contributed by atoms with Crippen molar-refractivity contribution in [2.45, 2.75) is 25.3 Å². The van der Waals surface area contributed by atoms with E-state index in [0.717, 1.165) is 43.9 Å². The maximum absolute atomic E-state index is 12.5. The summed E-state index contributed by atoms with van der Waals surface area (Å²) in [5.74, 6) is 1.54.